The Kier molecular flexibility index (Phi) is 4.28. The van der Waals surface area contributed by atoms with E-state index >= 15 is 0 Å². The number of carbonyl (C=O) groups excluding carboxylic acids is 1. The third-order valence-corrected chi connectivity index (χ3v) is 2.96. The van der Waals surface area contributed by atoms with Gasteiger partial charge in [0.2, 0.25) is 5.91 Å². The van der Waals surface area contributed by atoms with Crippen LogP contribution in [0, 0.1) is 5.41 Å². The fourth-order valence-electron chi connectivity index (χ4n) is 2.11. The standard InChI is InChI=1S/C17H21NO2/c1-17(2,3)12-15(19)18-16(14-10-7-11-20-14)13-8-5-4-6-9-13/h4-11,16H,12H2,1-3H3,(H,18,19). The molecule has 2 rings (SSSR count). The molecule has 1 heterocycles. The van der Waals surface area contributed by atoms with Crippen LogP contribution in [-0.2, 0) is 4.79 Å². The molecule has 20 heavy (non-hydrogen) atoms. The van der Waals surface area contributed by atoms with Gasteiger partial charge in [-0.25, -0.2) is 0 Å². The Bertz CT molecular complexity index is 538. The van der Waals surface area contributed by atoms with E-state index in [0.717, 1.165) is 11.3 Å². The highest BCUT2D eigenvalue weighted by Crippen LogP contribution is 2.24. The number of amides is 1. The van der Waals surface area contributed by atoms with Crippen molar-refractivity contribution >= 4 is 5.91 Å². The fourth-order valence-corrected chi connectivity index (χ4v) is 2.11. The van der Waals surface area contributed by atoms with Crippen LogP contribution < -0.4 is 5.32 Å². The van der Waals surface area contributed by atoms with Gasteiger partial charge in [0.25, 0.3) is 0 Å². The van der Waals surface area contributed by atoms with Crippen molar-refractivity contribution in [2.24, 2.45) is 5.41 Å². The molecule has 0 aliphatic rings. The van der Waals surface area contributed by atoms with E-state index < -0.39 is 0 Å². The van der Waals surface area contributed by atoms with Crippen LogP contribution in [-0.4, -0.2) is 5.91 Å². The van der Waals surface area contributed by atoms with Crippen molar-refractivity contribution in [3.05, 3.63) is 60.1 Å². The maximum absolute atomic E-state index is 12.2. The maximum Gasteiger partial charge on any atom is 0.221 e. The Morgan fingerprint density at radius 2 is 1.85 bits per heavy atom. The van der Waals surface area contributed by atoms with Gasteiger partial charge in [-0.2, -0.15) is 0 Å². The minimum absolute atomic E-state index is 0.0303. The SMILES string of the molecule is CC(C)(C)CC(=O)NC(c1ccccc1)c1ccco1. The predicted octanol–water partition coefficient (Wildman–Crippen LogP) is 3.92. The summed E-state index contributed by atoms with van der Waals surface area (Å²) in [7, 11) is 0. The molecule has 0 aliphatic carbocycles. The summed E-state index contributed by atoms with van der Waals surface area (Å²) < 4.78 is 5.47. The lowest BCUT2D eigenvalue weighted by Crippen LogP contribution is -2.31. The van der Waals surface area contributed by atoms with E-state index in [1.54, 1.807) is 6.26 Å². The lowest BCUT2D eigenvalue weighted by Gasteiger charge is -2.21. The summed E-state index contributed by atoms with van der Waals surface area (Å²) in [6.07, 6.45) is 2.11. The summed E-state index contributed by atoms with van der Waals surface area (Å²) in [4.78, 5) is 12.2. The van der Waals surface area contributed by atoms with Crippen molar-refractivity contribution in [2.45, 2.75) is 33.2 Å². The van der Waals surface area contributed by atoms with E-state index in [1.807, 2.05) is 42.5 Å². The Labute approximate surface area is 120 Å². The molecule has 1 atom stereocenters. The molecule has 0 saturated heterocycles. The Morgan fingerprint density at radius 3 is 2.40 bits per heavy atom. The molecule has 1 unspecified atom stereocenters. The number of hydrogen-bond donors (Lipinski definition) is 1. The highest BCUT2D eigenvalue weighted by Gasteiger charge is 2.22. The second-order valence-electron chi connectivity index (χ2n) is 6.16. The van der Waals surface area contributed by atoms with Crippen molar-refractivity contribution in [3.8, 4) is 0 Å². The first-order valence-electron chi connectivity index (χ1n) is 6.83. The minimum atomic E-state index is -0.235. The number of carbonyl (C=O) groups is 1. The Hall–Kier alpha value is -2.03. The van der Waals surface area contributed by atoms with Crippen LogP contribution in [0.2, 0.25) is 0 Å². The molecule has 1 amide bonds. The average Bonchev–Trinajstić information content (AvgIpc) is 2.88. The van der Waals surface area contributed by atoms with Crippen molar-refractivity contribution in [3.63, 3.8) is 0 Å². The van der Waals surface area contributed by atoms with Gasteiger partial charge in [0, 0.05) is 6.42 Å². The molecular weight excluding hydrogens is 250 g/mol. The summed E-state index contributed by atoms with van der Waals surface area (Å²) in [5, 5.41) is 3.06. The zero-order valence-electron chi connectivity index (χ0n) is 12.2. The number of furan rings is 1. The van der Waals surface area contributed by atoms with E-state index in [2.05, 4.69) is 26.1 Å². The van der Waals surface area contributed by atoms with Gasteiger partial charge in [-0.05, 0) is 23.1 Å². The quantitative estimate of drug-likeness (QED) is 0.915. The van der Waals surface area contributed by atoms with E-state index in [4.69, 9.17) is 4.42 Å². The summed E-state index contributed by atoms with van der Waals surface area (Å²) in [5.74, 6) is 0.779. The fraction of sp³-hybridized carbons (Fsp3) is 0.353. The molecule has 3 heteroatoms. The van der Waals surface area contributed by atoms with Crippen LogP contribution in [0.1, 0.15) is 44.6 Å². The molecule has 0 radical (unpaired) electrons. The van der Waals surface area contributed by atoms with Crippen LogP contribution in [0.25, 0.3) is 0 Å². The topological polar surface area (TPSA) is 42.2 Å². The van der Waals surface area contributed by atoms with Crippen LogP contribution in [0.15, 0.2) is 53.1 Å². The highest BCUT2D eigenvalue weighted by atomic mass is 16.3. The molecule has 0 aliphatic heterocycles. The number of nitrogens with one attached hydrogen (secondary N) is 1. The summed E-state index contributed by atoms with van der Waals surface area (Å²) in [5.41, 5.74) is 0.985. The summed E-state index contributed by atoms with van der Waals surface area (Å²) >= 11 is 0. The van der Waals surface area contributed by atoms with E-state index in [-0.39, 0.29) is 17.4 Å². The molecule has 0 spiro atoms. The number of benzene rings is 1. The van der Waals surface area contributed by atoms with E-state index in [0.29, 0.717) is 6.42 Å². The Balaban J connectivity index is 2.19. The van der Waals surface area contributed by atoms with Crippen molar-refractivity contribution in [1.82, 2.24) is 5.32 Å². The van der Waals surface area contributed by atoms with Crippen LogP contribution in [0.5, 0.6) is 0 Å². The van der Waals surface area contributed by atoms with E-state index in [1.165, 1.54) is 0 Å². The summed E-state index contributed by atoms with van der Waals surface area (Å²) in [6.45, 7) is 6.16. The van der Waals surface area contributed by atoms with Gasteiger partial charge in [-0.1, -0.05) is 51.1 Å². The molecule has 0 fully saturated rings. The number of rotatable bonds is 4. The molecule has 106 valence electrons. The van der Waals surface area contributed by atoms with Gasteiger partial charge in [0.15, 0.2) is 0 Å². The second-order valence-corrected chi connectivity index (χ2v) is 6.16. The second kappa shape index (κ2) is 5.95. The van der Waals surface area contributed by atoms with Crippen molar-refractivity contribution in [2.75, 3.05) is 0 Å². The molecular formula is C17H21NO2. The maximum atomic E-state index is 12.2. The molecule has 3 nitrogen and oxygen atoms in total. The molecule has 0 saturated carbocycles. The normalized spacial score (nSPS) is 12.9. The van der Waals surface area contributed by atoms with Gasteiger partial charge in [-0.3, -0.25) is 4.79 Å². The van der Waals surface area contributed by atoms with Gasteiger partial charge < -0.3 is 9.73 Å². The monoisotopic (exact) mass is 271 g/mol. The average molecular weight is 271 g/mol. The lowest BCUT2D eigenvalue weighted by atomic mass is 9.91. The lowest BCUT2D eigenvalue weighted by molar-refractivity contribution is -0.123. The van der Waals surface area contributed by atoms with Crippen LogP contribution in [0.3, 0.4) is 0 Å². The van der Waals surface area contributed by atoms with Crippen LogP contribution in [0.4, 0.5) is 0 Å². The third kappa shape index (κ3) is 3.98. The van der Waals surface area contributed by atoms with Gasteiger partial charge in [0.05, 0.1) is 6.26 Å². The minimum Gasteiger partial charge on any atom is -0.467 e. The first-order chi connectivity index (χ1) is 9.46. The van der Waals surface area contributed by atoms with Gasteiger partial charge in [0.1, 0.15) is 11.8 Å². The first kappa shape index (κ1) is 14.4. The largest absolute Gasteiger partial charge is 0.467 e. The van der Waals surface area contributed by atoms with E-state index in [9.17, 15) is 4.79 Å². The van der Waals surface area contributed by atoms with Gasteiger partial charge >= 0.3 is 0 Å². The number of hydrogen-bond acceptors (Lipinski definition) is 2. The smallest absolute Gasteiger partial charge is 0.221 e. The highest BCUT2D eigenvalue weighted by molar-refractivity contribution is 5.77. The van der Waals surface area contributed by atoms with Crippen molar-refractivity contribution in [1.29, 1.82) is 0 Å². The van der Waals surface area contributed by atoms with Gasteiger partial charge in [-0.15, -0.1) is 0 Å². The summed E-state index contributed by atoms with van der Waals surface area (Å²) in [6, 6.07) is 13.3. The predicted molar refractivity (Wildman–Crippen MR) is 79.2 cm³/mol. The molecule has 2 aromatic rings. The van der Waals surface area contributed by atoms with Crippen LogP contribution >= 0.6 is 0 Å². The van der Waals surface area contributed by atoms with Crippen molar-refractivity contribution < 1.29 is 9.21 Å². The zero-order chi connectivity index (χ0) is 14.6. The first-order valence-corrected chi connectivity index (χ1v) is 6.83. The Morgan fingerprint density at radius 1 is 1.15 bits per heavy atom. The molecule has 1 aromatic heterocycles. The zero-order valence-corrected chi connectivity index (χ0v) is 12.2. The molecule has 1 N–H and O–H groups in total. The molecule has 0 bridgehead atoms. The molecule has 1 aromatic carbocycles. The third-order valence-electron chi connectivity index (χ3n) is 2.96.